The van der Waals surface area contributed by atoms with E-state index in [2.05, 4.69) is 26.1 Å². The fourth-order valence-electron chi connectivity index (χ4n) is 3.78. The molecule has 3 heterocycles. The molecule has 0 atom stereocenters. The second kappa shape index (κ2) is 8.26. The number of ether oxygens (including phenoxy) is 2. The van der Waals surface area contributed by atoms with Crippen LogP contribution in [0.1, 0.15) is 10.5 Å². The Morgan fingerprint density at radius 3 is 2.79 bits per heavy atom. The van der Waals surface area contributed by atoms with Crippen LogP contribution < -0.4 is 10.1 Å². The van der Waals surface area contributed by atoms with Gasteiger partial charge >= 0.3 is 0 Å². The van der Waals surface area contributed by atoms with Gasteiger partial charge in [0.05, 0.1) is 26.0 Å². The molecule has 1 aromatic carbocycles. The van der Waals surface area contributed by atoms with Gasteiger partial charge in [-0.25, -0.2) is 0 Å². The highest BCUT2D eigenvalue weighted by molar-refractivity contribution is 5.98. The molecule has 0 aliphatic carbocycles. The van der Waals surface area contributed by atoms with Crippen molar-refractivity contribution in [2.75, 3.05) is 46.5 Å². The summed E-state index contributed by atoms with van der Waals surface area (Å²) in [5.41, 5.74) is 3.42. The number of nitrogens with one attached hydrogen (secondary N) is 1. The smallest absolute Gasteiger partial charge is 0.271 e. The fraction of sp³-hybridized carbons (Fsp3) is 0.429. The maximum atomic E-state index is 12.6. The number of hydrogen-bond donors (Lipinski definition) is 1. The normalized spacial score (nSPS) is 15.0. The zero-order valence-electron chi connectivity index (χ0n) is 17.1. The summed E-state index contributed by atoms with van der Waals surface area (Å²) < 4.78 is 14.6. The predicted octanol–water partition coefficient (Wildman–Crippen LogP) is 1.65. The van der Waals surface area contributed by atoms with Gasteiger partial charge in [-0.3, -0.25) is 14.4 Å². The Morgan fingerprint density at radius 2 is 2.03 bits per heavy atom. The van der Waals surface area contributed by atoms with Crippen molar-refractivity contribution in [3.05, 3.63) is 36.2 Å². The summed E-state index contributed by atoms with van der Waals surface area (Å²) in [4.78, 5) is 14.9. The second-order valence-electron chi connectivity index (χ2n) is 7.29. The van der Waals surface area contributed by atoms with Gasteiger partial charge in [0.2, 0.25) is 0 Å². The van der Waals surface area contributed by atoms with Crippen LogP contribution in [0.4, 0.5) is 0 Å². The highest BCUT2D eigenvalue weighted by Gasteiger charge is 2.18. The Hall–Kier alpha value is -2.84. The number of aryl methyl sites for hydroxylation is 2. The van der Waals surface area contributed by atoms with E-state index in [1.165, 1.54) is 0 Å². The molecule has 1 aliphatic rings. The van der Waals surface area contributed by atoms with Gasteiger partial charge in [-0.15, -0.1) is 0 Å². The van der Waals surface area contributed by atoms with E-state index in [1.807, 2.05) is 38.4 Å². The summed E-state index contributed by atoms with van der Waals surface area (Å²) in [5.74, 6) is 0.645. The lowest BCUT2D eigenvalue weighted by atomic mass is 10.1. The summed E-state index contributed by atoms with van der Waals surface area (Å²) in [6, 6.07) is 7.84. The molecule has 1 saturated heterocycles. The average molecular weight is 397 g/mol. The van der Waals surface area contributed by atoms with Gasteiger partial charge in [0.1, 0.15) is 5.75 Å². The molecule has 1 aliphatic heterocycles. The minimum absolute atomic E-state index is 0.155. The van der Waals surface area contributed by atoms with Crippen molar-refractivity contribution < 1.29 is 14.3 Å². The molecular formula is C21H27N5O3. The number of nitrogens with zero attached hydrogens (tertiary/aromatic N) is 4. The van der Waals surface area contributed by atoms with Crippen LogP contribution in [0.15, 0.2) is 30.5 Å². The number of rotatable bonds is 6. The number of amides is 1. The number of carbonyl (C=O) groups excluding carboxylic acids is 1. The number of aromatic nitrogens is 3. The van der Waals surface area contributed by atoms with Gasteiger partial charge < -0.3 is 19.4 Å². The molecule has 1 N–H and O–H groups in total. The van der Waals surface area contributed by atoms with Crippen LogP contribution in [-0.2, 0) is 18.8 Å². The highest BCUT2D eigenvalue weighted by atomic mass is 16.5. The molecule has 0 unspecified atom stereocenters. The van der Waals surface area contributed by atoms with E-state index < -0.39 is 0 Å². The molecule has 1 amide bonds. The maximum absolute atomic E-state index is 12.6. The fourth-order valence-corrected chi connectivity index (χ4v) is 3.78. The van der Waals surface area contributed by atoms with Crippen LogP contribution >= 0.6 is 0 Å². The van der Waals surface area contributed by atoms with E-state index in [0.717, 1.165) is 60.8 Å². The second-order valence-corrected chi connectivity index (χ2v) is 7.29. The topological polar surface area (TPSA) is 73.6 Å². The van der Waals surface area contributed by atoms with Gasteiger partial charge in [-0.1, -0.05) is 0 Å². The Kier molecular flexibility index (Phi) is 5.55. The van der Waals surface area contributed by atoms with Crippen molar-refractivity contribution in [2.45, 2.75) is 0 Å². The lowest BCUT2D eigenvalue weighted by molar-refractivity contribution is 0.0383. The number of hydrogen-bond acceptors (Lipinski definition) is 5. The largest absolute Gasteiger partial charge is 0.497 e. The van der Waals surface area contributed by atoms with Gasteiger partial charge in [-0.2, -0.15) is 5.10 Å². The Balaban J connectivity index is 1.52. The maximum Gasteiger partial charge on any atom is 0.271 e. The Labute approximate surface area is 170 Å². The van der Waals surface area contributed by atoms with E-state index in [0.29, 0.717) is 12.2 Å². The molecule has 29 heavy (non-hydrogen) atoms. The van der Waals surface area contributed by atoms with Crippen molar-refractivity contribution in [3.63, 3.8) is 0 Å². The third kappa shape index (κ3) is 3.99. The van der Waals surface area contributed by atoms with E-state index >= 15 is 0 Å². The van der Waals surface area contributed by atoms with Crippen LogP contribution in [0.25, 0.3) is 22.2 Å². The Bertz CT molecular complexity index is 1020. The molecule has 0 radical (unpaired) electrons. The predicted molar refractivity (Wildman–Crippen MR) is 111 cm³/mol. The summed E-state index contributed by atoms with van der Waals surface area (Å²) in [7, 11) is 5.53. The number of morpholine rings is 1. The van der Waals surface area contributed by atoms with Crippen molar-refractivity contribution in [1.29, 1.82) is 0 Å². The first-order chi connectivity index (χ1) is 14.1. The summed E-state index contributed by atoms with van der Waals surface area (Å²) in [6.07, 6.45) is 2.06. The molecule has 0 saturated carbocycles. The minimum Gasteiger partial charge on any atom is -0.497 e. The summed E-state index contributed by atoms with van der Waals surface area (Å²) >= 11 is 0. The lowest BCUT2D eigenvalue weighted by Gasteiger charge is -2.26. The van der Waals surface area contributed by atoms with Crippen LogP contribution in [0.3, 0.4) is 0 Å². The number of methoxy groups -OCH3 is 1. The standard InChI is InChI=1S/C21H27N5O3/c1-24-14-17(16-12-15(28-3)4-5-19(16)24)20-13-18(23-25(20)2)21(27)22-6-7-26-8-10-29-11-9-26/h4-5,12-14H,6-11H2,1-3H3,(H,22,27). The van der Waals surface area contributed by atoms with E-state index in [4.69, 9.17) is 9.47 Å². The van der Waals surface area contributed by atoms with Crippen LogP contribution in [-0.4, -0.2) is 71.7 Å². The zero-order valence-corrected chi connectivity index (χ0v) is 17.1. The van der Waals surface area contributed by atoms with Crippen LogP contribution in [0.5, 0.6) is 5.75 Å². The first-order valence-corrected chi connectivity index (χ1v) is 9.82. The third-order valence-electron chi connectivity index (χ3n) is 5.40. The first-order valence-electron chi connectivity index (χ1n) is 9.82. The van der Waals surface area contributed by atoms with Gasteiger partial charge in [-0.05, 0) is 24.3 Å². The van der Waals surface area contributed by atoms with Crippen LogP contribution in [0, 0.1) is 0 Å². The van der Waals surface area contributed by atoms with Gasteiger partial charge in [0.25, 0.3) is 5.91 Å². The molecule has 154 valence electrons. The molecule has 8 heteroatoms. The van der Waals surface area contributed by atoms with Crippen molar-refractivity contribution in [1.82, 2.24) is 24.6 Å². The van der Waals surface area contributed by atoms with Crippen molar-refractivity contribution in [2.24, 2.45) is 14.1 Å². The number of benzene rings is 1. The van der Waals surface area contributed by atoms with E-state index in [9.17, 15) is 4.79 Å². The number of carbonyl (C=O) groups is 1. The van der Waals surface area contributed by atoms with Gasteiger partial charge in [0.15, 0.2) is 5.69 Å². The average Bonchev–Trinajstić information content (AvgIpc) is 3.28. The molecule has 2 aromatic heterocycles. The van der Waals surface area contributed by atoms with Crippen molar-refractivity contribution in [3.8, 4) is 17.0 Å². The molecule has 0 bridgehead atoms. The molecule has 0 spiro atoms. The zero-order chi connectivity index (χ0) is 20.4. The van der Waals surface area contributed by atoms with Crippen molar-refractivity contribution >= 4 is 16.8 Å². The van der Waals surface area contributed by atoms with Gasteiger partial charge in [0, 0.05) is 62.9 Å². The number of fused-ring (bicyclic) bond motifs is 1. The lowest BCUT2D eigenvalue weighted by Crippen LogP contribution is -2.41. The molecule has 4 rings (SSSR count). The molecule has 1 fully saturated rings. The SMILES string of the molecule is COc1ccc2c(c1)c(-c1cc(C(=O)NCCN3CCOCC3)nn1C)cn2C. The molecule has 3 aromatic rings. The third-order valence-corrected chi connectivity index (χ3v) is 5.40. The highest BCUT2D eigenvalue weighted by Crippen LogP contribution is 2.32. The Morgan fingerprint density at radius 1 is 1.24 bits per heavy atom. The molecular weight excluding hydrogens is 370 g/mol. The summed E-state index contributed by atoms with van der Waals surface area (Å²) in [5, 5.41) is 8.48. The minimum atomic E-state index is -0.155. The van der Waals surface area contributed by atoms with E-state index in [1.54, 1.807) is 11.8 Å². The monoisotopic (exact) mass is 397 g/mol. The van der Waals surface area contributed by atoms with E-state index in [-0.39, 0.29) is 5.91 Å². The van der Waals surface area contributed by atoms with Crippen LogP contribution in [0.2, 0.25) is 0 Å². The first kappa shape index (κ1) is 19.5. The summed E-state index contributed by atoms with van der Waals surface area (Å²) in [6.45, 7) is 4.75. The quantitative estimate of drug-likeness (QED) is 0.685. The molecule has 8 nitrogen and oxygen atoms in total.